The van der Waals surface area contributed by atoms with Crippen molar-refractivity contribution in [3.8, 4) is 0 Å². The van der Waals surface area contributed by atoms with Crippen LogP contribution in [0.5, 0.6) is 0 Å². The van der Waals surface area contributed by atoms with Gasteiger partial charge in [-0.1, -0.05) is 0 Å². The third-order valence-corrected chi connectivity index (χ3v) is 3.29. The lowest BCUT2D eigenvalue weighted by Gasteiger charge is -2.10. The smallest absolute Gasteiger partial charge is 0.158 e. The lowest BCUT2D eigenvalue weighted by molar-refractivity contribution is 0.124. The Morgan fingerprint density at radius 3 is 2.76 bits per heavy atom. The fraction of sp³-hybridized carbons (Fsp3) is 0.733. The number of ether oxygens (including phenoxy) is 2. The summed E-state index contributed by atoms with van der Waals surface area (Å²) in [4.78, 5) is 8.81. The minimum Gasteiger partial charge on any atom is -0.381 e. The fourth-order valence-electron chi connectivity index (χ4n) is 1.90. The van der Waals surface area contributed by atoms with E-state index >= 15 is 0 Å². The fourth-order valence-corrected chi connectivity index (χ4v) is 1.90. The van der Waals surface area contributed by atoms with E-state index in [0.717, 1.165) is 43.7 Å². The monoisotopic (exact) mass is 294 g/mol. The molecule has 1 saturated carbocycles. The summed E-state index contributed by atoms with van der Waals surface area (Å²) < 4.78 is 11.0. The first kappa shape index (κ1) is 16.0. The molecule has 2 rings (SSSR count). The second kappa shape index (κ2) is 8.79. The van der Waals surface area contributed by atoms with Crippen LogP contribution in [0.3, 0.4) is 0 Å². The van der Waals surface area contributed by atoms with Crippen LogP contribution < -0.4 is 10.6 Å². The summed E-state index contributed by atoms with van der Waals surface area (Å²) in [5.41, 5.74) is 0. The molecule has 1 aliphatic carbocycles. The molecule has 21 heavy (non-hydrogen) atoms. The van der Waals surface area contributed by atoms with Gasteiger partial charge in [0.05, 0.1) is 0 Å². The zero-order valence-corrected chi connectivity index (χ0v) is 13.0. The van der Waals surface area contributed by atoms with Crippen molar-refractivity contribution in [3.05, 3.63) is 11.9 Å². The first-order valence-electron chi connectivity index (χ1n) is 7.77. The second-order valence-electron chi connectivity index (χ2n) is 5.24. The Morgan fingerprint density at radius 1 is 1.24 bits per heavy atom. The van der Waals surface area contributed by atoms with Crippen molar-refractivity contribution in [3.63, 3.8) is 0 Å². The first-order valence-corrected chi connectivity index (χ1v) is 7.77. The van der Waals surface area contributed by atoms with Gasteiger partial charge in [-0.15, -0.1) is 0 Å². The quantitative estimate of drug-likeness (QED) is 0.610. The van der Waals surface area contributed by atoms with Crippen molar-refractivity contribution >= 4 is 11.6 Å². The summed E-state index contributed by atoms with van der Waals surface area (Å²) in [7, 11) is 1.85. The summed E-state index contributed by atoms with van der Waals surface area (Å²) in [6.45, 7) is 5.64. The van der Waals surface area contributed by atoms with Gasteiger partial charge >= 0.3 is 0 Å². The molecule has 1 aliphatic rings. The summed E-state index contributed by atoms with van der Waals surface area (Å²) in [5, 5.41) is 6.36. The van der Waals surface area contributed by atoms with Crippen molar-refractivity contribution in [1.29, 1.82) is 0 Å². The van der Waals surface area contributed by atoms with Gasteiger partial charge < -0.3 is 20.1 Å². The molecule has 1 heterocycles. The topological polar surface area (TPSA) is 68.3 Å². The third-order valence-electron chi connectivity index (χ3n) is 3.29. The second-order valence-corrected chi connectivity index (χ2v) is 5.24. The minimum absolute atomic E-state index is 0.436. The van der Waals surface area contributed by atoms with Crippen LogP contribution in [0.25, 0.3) is 0 Å². The van der Waals surface area contributed by atoms with Crippen molar-refractivity contribution in [2.75, 3.05) is 44.0 Å². The molecule has 0 aliphatic heterocycles. The summed E-state index contributed by atoms with van der Waals surface area (Å²) in [6, 6.07) is 1.90. The third kappa shape index (κ3) is 6.27. The van der Waals surface area contributed by atoms with Gasteiger partial charge in [0.25, 0.3) is 0 Å². The molecule has 0 spiro atoms. The van der Waals surface area contributed by atoms with E-state index < -0.39 is 0 Å². The lowest BCUT2D eigenvalue weighted by atomic mass is 10.4. The Hall–Kier alpha value is -1.40. The molecule has 0 radical (unpaired) electrons. The van der Waals surface area contributed by atoms with Crippen LogP contribution in [0, 0.1) is 5.92 Å². The number of nitrogens with one attached hydrogen (secondary N) is 2. The lowest BCUT2D eigenvalue weighted by Crippen LogP contribution is -2.10. The Bertz CT molecular complexity index is 424. The Morgan fingerprint density at radius 2 is 2.05 bits per heavy atom. The zero-order chi connectivity index (χ0) is 14.9. The van der Waals surface area contributed by atoms with Crippen molar-refractivity contribution in [2.45, 2.75) is 32.8 Å². The number of anilines is 2. The van der Waals surface area contributed by atoms with Crippen LogP contribution in [0.4, 0.5) is 11.6 Å². The highest BCUT2D eigenvalue weighted by atomic mass is 16.5. The van der Waals surface area contributed by atoms with Gasteiger partial charge in [-0.25, -0.2) is 9.97 Å². The SMILES string of the molecule is CCOCc1nc(NC)cc(NCCCOCC2CC2)n1. The van der Waals surface area contributed by atoms with Gasteiger partial charge in [-0.2, -0.15) is 0 Å². The first-order chi connectivity index (χ1) is 10.3. The average molecular weight is 294 g/mol. The van der Waals surface area contributed by atoms with Gasteiger partial charge in [-0.05, 0) is 32.1 Å². The van der Waals surface area contributed by atoms with Gasteiger partial charge in [-0.3, -0.25) is 0 Å². The molecule has 1 aromatic rings. The van der Waals surface area contributed by atoms with E-state index in [1.807, 2.05) is 20.0 Å². The molecular weight excluding hydrogens is 268 g/mol. The van der Waals surface area contributed by atoms with Gasteiger partial charge in [0.15, 0.2) is 5.82 Å². The van der Waals surface area contributed by atoms with E-state index in [0.29, 0.717) is 19.0 Å². The highest BCUT2D eigenvalue weighted by Gasteiger charge is 2.20. The van der Waals surface area contributed by atoms with E-state index in [9.17, 15) is 0 Å². The maximum atomic E-state index is 5.61. The van der Waals surface area contributed by atoms with Crippen LogP contribution in [-0.4, -0.2) is 43.4 Å². The predicted octanol–water partition coefficient (Wildman–Crippen LogP) is 2.28. The van der Waals surface area contributed by atoms with E-state index in [1.54, 1.807) is 0 Å². The molecule has 118 valence electrons. The zero-order valence-electron chi connectivity index (χ0n) is 13.0. The van der Waals surface area contributed by atoms with Crippen molar-refractivity contribution in [2.24, 2.45) is 5.92 Å². The van der Waals surface area contributed by atoms with Crippen molar-refractivity contribution < 1.29 is 9.47 Å². The maximum Gasteiger partial charge on any atom is 0.158 e. The molecule has 0 bridgehead atoms. The van der Waals surface area contributed by atoms with Crippen LogP contribution in [0.2, 0.25) is 0 Å². The average Bonchev–Trinajstić information content (AvgIpc) is 3.32. The Kier molecular flexibility index (Phi) is 6.69. The largest absolute Gasteiger partial charge is 0.381 e. The normalized spacial score (nSPS) is 14.2. The highest BCUT2D eigenvalue weighted by Crippen LogP contribution is 2.28. The molecule has 0 unspecified atom stereocenters. The number of aromatic nitrogens is 2. The Labute approximate surface area is 126 Å². The maximum absolute atomic E-state index is 5.61. The molecule has 0 atom stereocenters. The molecule has 0 aromatic carbocycles. The molecule has 0 saturated heterocycles. The highest BCUT2D eigenvalue weighted by molar-refractivity contribution is 5.47. The Balaban J connectivity index is 1.71. The standard InChI is InChI=1S/C15H26N4O2/c1-3-20-11-15-18-13(16-2)9-14(19-15)17-7-4-8-21-10-12-5-6-12/h9,12H,3-8,10-11H2,1-2H3,(H2,16,17,18,19). The van der Waals surface area contributed by atoms with E-state index in [-0.39, 0.29) is 0 Å². The van der Waals surface area contributed by atoms with Crippen LogP contribution in [0.15, 0.2) is 6.07 Å². The van der Waals surface area contributed by atoms with Crippen LogP contribution in [0.1, 0.15) is 32.0 Å². The van der Waals surface area contributed by atoms with E-state index in [2.05, 4.69) is 20.6 Å². The number of nitrogens with zero attached hydrogens (tertiary/aromatic N) is 2. The molecular formula is C15H26N4O2. The summed E-state index contributed by atoms with van der Waals surface area (Å²) in [6.07, 6.45) is 3.66. The summed E-state index contributed by atoms with van der Waals surface area (Å²) in [5.74, 6) is 3.15. The number of hydrogen-bond acceptors (Lipinski definition) is 6. The molecule has 1 aromatic heterocycles. The summed E-state index contributed by atoms with van der Waals surface area (Å²) >= 11 is 0. The minimum atomic E-state index is 0.436. The molecule has 6 nitrogen and oxygen atoms in total. The number of hydrogen-bond donors (Lipinski definition) is 2. The van der Waals surface area contributed by atoms with E-state index in [1.165, 1.54) is 12.8 Å². The van der Waals surface area contributed by atoms with Crippen molar-refractivity contribution in [1.82, 2.24) is 9.97 Å². The molecule has 0 amide bonds. The van der Waals surface area contributed by atoms with Gasteiger partial charge in [0.1, 0.15) is 18.2 Å². The molecule has 1 fully saturated rings. The van der Waals surface area contributed by atoms with E-state index in [4.69, 9.17) is 9.47 Å². The van der Waals surface area contributed by atoms with Crippen LogP contribution in [-0.2, 0) is 16.1 Å². The number of rotatable bonds is 11. The van der Waals surface area contributed by atoms with Gasteiger partial charge in [0, 0.05) is 39.5 Å². The molecule has 2 N–H and O–H groups in total. The van der Waals surface area contributed by atoms with Gasteiger partial charge in [0.2, 0.25) is 0 Å². The predicted molar refractivity (Wildman–Crippen MR) is 83.6 cm³/mol. The van der Waals surface area contributed by atoms with Crippen LogP contribution >= 0.6 is 0 Å². The molecule has 6 heteroatoms.